The maximum atomic E-state index is 6.07. The van der Waals surface area contributed by atoms with E-state index in [1.54, 1.807) is 0 Å². The van der Waals surface area contributed by atoms with Crippen molar-refractivity contribution < 1.29 is 0 Å². The van der Waals surface area contributed by atoms with Gasteiger partial charge in [-0.2, -0.15) is 0 Å². The second-order valence-electron chi connectivity index (χ2n) is 6.43. The first-order chi connectivity index (χ1) is 12.6. The molecule has 134 valence electrons. The molecule has 0 N–H and O–H groups in total. The summed E-state index contributed by atoms with van der Waals surface area (Å²) in [6.07, 6.45) is 4.53. The van der Waals surface area contributed by atoms with E-state index in [2.05, 4.69) is 13.8 Å². The SMILES string of the molecule is CCCCCc1c(C)nc(-c2ccc(Cl)cc2)nc1-c1ccc(Cl)cc1. The molecule has 26 heavy (non-hydrogen) atoms. The molecule has 0 atom stereocenters. The fourth-order valence-corrected chi connectivity index (χ4v) is 3.27. The lowest BCUT2D eigenvalue weighted by atomic mass is 9.99. The predicted octanol–water partition coefficient (Wildman–Crippen LogP) is 7.16. The zero-order chi connectivity index (χ0) is 18.5. The molecule has 1 aromatic heterocycles. The number of hydrogen-bond acceptors (Lipinski definition) is 2. The Labute approximate surface area is 165 Å². The molecule has 0 saturated heterocycles. The van der Waals surface area contributed by atoms with Crippen LogP contribution in [0.1, 0.15) is 37.4 Å². The standard InChI is InChI=1S/C22H22Cl2N2/c1-3-4-5-6-20-15(2)25-22(17-9-13-19(24)14-10-17)26-21(20)16-7-11-18(23)12-8-16/h7-14H,3-6H2,1-2H3. The van der Waals surface area contributed by atoms with E-state index in [1.807, 2.05) is 48.5 Å². The summed E-state index contributed by atoms with van der Waals surface area (Å²) >= 11 is 12.1. The zero-order valence-corrected chi connectivity index (χ0v) is 16.6. The predicted molar refractivity (Wildman–Crippen MR) is 111 cm³/mol. The van der Waals surface area contributed by atoms with Crippen LogP contribution < -0.4 is 0 Å². The number of nitrogens with zero attached hydrogens (tertiary/aromatic N) is 2. The first kappa shape index (κ1) is 18.9. The molecule has 0 radical (unpaired) electrons. The van der Waals surface area contributed by atoms with Gasteiger partial charge in [0, 0.05) is 26.9 Å². The van der Waals surface area contributed by atoms with Crippen molar-refractivity contribution in [3.05, 3.63) is 69.8 Å². The molecule has 3 rings (SSSR count). The third kappa shape index (κ3) is 4.44. The summed E-state index contributed by atoms with van der Waals surface area (Å²) in [5.41, 5.74) is 5.29. The Morgan fingerprint density at radius 2 is 1.35 bits per heavy atom. The molecular formula is C22H22Cl2N2. The Hall–Kier alpha value is -1.90. The number of aryl methyl sites for hydroxylation is 1. The van der Waals surface area contributed by atoms with Gasteiger partial charge < -0.3 is 0 Å². The van der Waals surface area contributed by atoms with Crippen molar-refractivity contribution in [1.82, 2.24) is 9.97 Å². The maximum absolute atomic E-state index is 6.07. The highest BCUT2D eigenvalue weighted by atomic mass is 35.5. The summed E-state index contributed by atoms with van der Waals surface area (Å²) in [5.74, 6) is 0.725. The van der Waals surface area contributed by atoms with Gasteiger partial charge in [-0.1, -0.05) is 55.1 Å². The number of hydrogen-bond donors (Lipinski definition) is 0. The minimum absolute atomic E-state index is 0.708. The van der Waals surface area contributed by atoms with E-state index >= 15 is 0 Å². The number of halogens is 2. The monoisotopic (exact) mass is 384 g/mol. The van der Waals surface area contributed by atoms with Gasteiger partial charge >= 0.3 is 0 Å². The molecule has 4 heteroatoms. The Morgan fingerprint density at radius 1 is 0.769 bits per heavy atom. The molecule has 0 saturated carbocycles. The minimum atomic E-state index is 0.708. The van der Waals surface area contributed by atoms with Crippen molar-refractivity contribution in [2.45, 2.75) is 39.5 Å². The van der Waals surface area contributed by atoms with Gasteiger partial charge in [0.1, 0.15) is 0 Å². The third-order valence-corrected chi connectivity index (χ3v) is 4.97. The third-order valence-electron chi connectivity index (χ3n) is 4.46. The summed E-state index contributed by atoms with van der Waals surface area (Å²) in [7, 11) is 0. The van der Waals surface area contributed by atoms with Crippen LogP contribution in [0.15, 0.2) is 48.5 Å². The van der Waals surface area contributed by atoms with Crippen LogP contribution in [-0.2, 0) is 6.42 Å². The van der Waals surface area contributed by atoms with Crippen molar-refractivity contribution in [3.63, 3.8) is 0 Å². The van der Waals surface area contributed by atoms with Crippen LogP contribution in [0, 0.1) is 6.92 Å². The van der Waals surface area contributed by atoms with Crippen LogP contribution >= 0.6 is 23.2 Å². The lowest BCUT2D eigenvalue weighted by molar-refractivity contribution is 0.712. The topological polar surface area (TPSA) is 25.8 Å². The van der Waals surface area contributed by atoms with Gasteiger partial charge in [0.2, 0.25) is 0 Å². The Balaban J connectivity index is 2.09. The molecule has 0 aliphatic rings. The fraction of sp³-hybridized carbons (Fsp3) is 0.273. The van der Waals surface area contributed by atoms with Gasteiger partial charge in [-0.15, -0.1) is 0 Å². The summed E-state index contributed by atoms with van der Waals surface area (Å²) < 4.78 is 0. The molecule has 2 aromatic carbocycles. The van der Waals surface area contributed by atoms with Crippen molar-refractivity contribution in [1.29, 1.82) is 0 Å². The quantitative estimate of drug-likeness (QED) is 0.421. The van der Waals surface area contributed by atoms with Crippen LogP contribution in [0.3, 0.4) is 0 Å². The van der Waals surface area contributed by atoms with Gasteiger partial charge in [0.15, 0.2) is 5.82 Å². The van der Waals surface area contributed by atoms with Gasteiger partial charge in [0.25, 0.3) is 0 Å². The molecule has 2 nitrogen and oxygen atoms in total. The minimum Gasteiger partial charge on any atom is -0.233 e. The van der Waals surface area contributed by atoms with E-state index < -0.39 is 0 Å². The van der Waals surface area contributed by atoms with Crippen LogP contribution in [0.2, 0.25) is 10.0 Å². The highest BCUT2D eigenvalue weighted by Gasteiger charge is 2.14. The van der Waals surface area contributed by atoms with E-state index in [4.69, 9.17) is 33.2 Å². The van der Waals surface area contributed by atoms with Crippen LogP contribution in [0.5, 0.6) is 0 Å². The second kappa shape index (κ2) is 8.66. The Morgan fingerprint density at radius 3 is 1.92 bits per heavy atom. The van der Waals surface area contributed by atoms with Gasteiger partial charge in [-0.3, -0.25) is 0 Å². The largest absolute Gasteiger partial charge is 0.233 e. The molecular weight excluding hydrogens is 363 g/mol. The first-order valence-electron chi connectivity index (χ1n) is 8.98. The summed E-state index contributed by atoms with van der Waals surface area (Å²) in [5, 5.41) is 1.43. The Bertz CT molecular complexity index is 872. The molecule has 0 bridgehead atoms. The second-order valence-corrected chi connectivity index (χ2v) is 7.30. The number of unbranched alkanes of at least 4 members (excludes halogenated alkanes) is 2. The van der Waals surface area contributed by atoms with Gasteiger partial charge in [0.05, 0.1) is 5.69 Å². The molecule has 0 aliphatic heterocycles. The molecule has 0 fully saturated rings. The average molecular weight is 385 g/mol. The lowest BCUT2D eigenvalue weighted by Gasteiger charge is -2.14. The molecule has 0 amide bonds. The van der Waals surface area contributed by atoms with Gasteiger partial charge in [-0.25, -0.2) is 9.97 Å². The van der Waals surface area contributed by atoms with Crippen LogP contribution in [0.25, 0.3) is 22.6 Å². The maximum Gasteiger partial charge on any atom is 0.160 e. The fourth-order valence-electron chi connectivity index (χ4n) is 3.02. The van der Waals surface area contributed by atoms with Crippen LogP contribution in [0.4, 0.5) is 0 Å². The van der Waals surface area contributed by atoms with Crippen molar-refractivity contribution in [2.75, 3.05) is 0 Å². The van der Waals surface area contributed by atoms with Crippen LogP contribution in [-0.4, -0.2) is 9.97 Å². The highest BCUT2D eigenvalue weighted by molar-refractivity contribution is 6.30. The van der Waals surface area contributed by atoms with Gasteiger partial charge in [-0.05, 0) is 61.7 Å². The van der Waals surface area contributed by atoms with E-state index in [-0.39, 0.29) is 0 Å². The highest BCUT2D eigenvalue weighted by Crippen LogP contribution is 2.29. The molecule has 0 unspecified atom stereocenters. The molecule has 1 heterocycles. The summed E-state index contributed by atoms with van der Waals surface area (Å²) in [6, 6.07) is 15.5. The summed E-state index contributed by atoms with van der Waals surface area (Å²) in [6.45, 7) is 4.29. The first-order valence-corrected chi connectivity index (χ1v) is 9.73. The van der Waals surface area contributed by atoms with E-state index in [9.17, 15) is 0 Å². The van der Waals surface area contributed by atoms with E-state index in [0.29, 0.717) is 5.02 Å². The normalized spacial score (nSPS) is 10.9. The molecule has 0 spiro atoms. The number of benzene rings is 2. The zero-order valence-electron chi connectivity index (χ0n) is 15.1. The summed E-state index contributed by atoms with van der Waals surface area (Å²) in [4.78, 5) is 9.69. The Kier molecular flexibility index (Phi) is 6.29. The molecule has 3 aromatic rings. The number of rotatable bonds is 6. The van der Waals surface area contributed by atoms with Crippen molar-refractivity contribution in [3.8, 4) is 22.6 Å². The molecule has 0 aliphatic carbocycles. The van der Waals surface area contributed by atoms with E-state index in [1.165, 1.54) is 18.4 Å². The van der Waals surface area contributed by atoms with Crippen molar-refractivity contribution >= 4 is 23.2 Å². The average Bonchev–Trinajstić information content (AvgIpc) is 2.64. The lowest BCUT2D eigenvalue weighted by Crippen LogP contribution is -2.03. The van der Waals surface area contributed by atoms with E-state index in [0.717, 1.165) is 46.2 Å². The van der Waals surface area contributed by atoms with Crippen molar-refractivity contribution in [2.24, 2.45) is 0 Å². The number of aromatic nitrogens is 2. The smallest absolute Gasteiger partial charge is 0.160 e.